The quantitative estimate of drug-likeness (QED) is 0.388. The zero-order valence-electron chi connectivity index (χ0n) is 7.69. The van der Waals surface area contributed by atoms with Gasteiger partial charge in [0.2, 0.25) is 0 Å². The second-order valence-electron chi connectivity index (χ2n) is 4.52. The number of aliphatic hydroxyl groups excluding tert-OH is 2. The molecule has 2 rings (SSSR count). The van der Waals surface area contributed by atoms with E-state index in [1.54, 1.807) is 0 Å². The highest BCUT2D eigenvalue weighted by Gasteiger charge is 2.55. The van der Waals surface area contributed by atoms with Crippen molar-refractivity contribution >= 4 is 0 Å². The van der Waals surface area contributed by atoms with Gasteiger partial charge in [-0.1, -0.05) is 6.42 Å². The van der Waals surface area contributed by atoms with E-state index in [0.29, 0.717) is 6.42 Å². The first-order valence-electron chi connectivity index (χ1n) is 4.95. The molecule has 6 N–H and O–H groups in total. The van der Waals surface area contributed by atoms with E-state index in [1.807, 2.05) is 0 Å². The first-order chi connectivity index (χ1) is 6.08. The Hall–Kier alpha value is -0.160. The lowest BCUT2D eigenvalue weighted by molar-refractivity contribution is -0.145. The average Bonchev–Trinajstić information content (AvgIpc) is 1.99. The zero-order chi connectivity index (χ0) is 9.64. The van der Waals surface area contributed by atoms with Crippen LogP contribution in [0.15, 0.2) is 0 Å². The summed E-state index contributed by atoms with van der Waals surface area (Å²) in [6, 6.07) is -0.321. The molecule has 2 saturated carbocycles. The Kier molecular flexibility index (Phi) is 2.11. The third-order valence-corrected chi connectivity index (χ3v) is 3.88. The SMILES string of the molecule is N[C@@H]1[C@@H](N)C[C@H](O)[C@H](O)C12CCC2. The molecule has 0 aliphatic heterocycles. The Morgan fingerprint density at radius 3 is 2.23 bits per heavy atom. The third-order valence-electron chi connectivity index (χ3n) is 3.88. The van der Waals surface area contributed by atoms with Crippen LogP contribution in [0.3, 0.4) is 0 Å². The van der Waals surface area contributed by atoms with Gasteiger partial charge in [-0.05, 0) is 19.3 Å². The van der Waals surface area contributed by atoms with Gasteiger partial charge in [0, 0.05) is 17.5 Å². The van der Waals surface area contributed by atoms with E-state index in [2.05, 4.69) is 0 Å². The number of nitrogens with two attached hydrogens (primary N) is 2. The van der Waals surface area contributed by atoms with Gasteiger partial charge in [-0.25, -0.2) is 0 Å². The minimum Gasteiger partial charge on any atom is -0.390 e. The van der Waals surface area contributed by atoms with Crippen molar-refractivity contribution in [1.82, 2.24) is 0 Å². The van der Waals surface area contributed by atoms with Gasteiger partial charge < -0.3 is 21.7 Å². The molecule has 4 atom stereocenters. The standard InChI is InChI=1S/C9H18N2O2/c10-5-4-6(12)8(13)9(7(5)11)2-1-3-9/h5-8,12-13H,1-4,10-11H2/t5-,6-,7+,8-/m0/s1. The lowest BCUT2D eigenvalue weighted by Gasteiger charge is -2.55. The smallest absolute Gasteiger partial charge is 0.0871 e. The van der Waals surface area contributed by atoms with Gasteiger partial charge in [-0.3, -0.25) is 0 Å². The summed E-state index contributed by atoms with van der Waals surface area (Å²) in [4.78, 5) is 0. The molecule has 0 aromatic carbocycles. The van der Waals surface area contributed by atoms with Gasteiger partial charge in [0.05, 0.1) is 12.2 Å². The second kappa shape index (κ2) is 2.92. The van der Waals surface area contributed by atoms with Crippen molar-refractivity contribution in [3.05, 3.63) is 0 Å². The molecule has 76 valence electrons. The Labute approximate surface area is 77.9 Å². The van der Waals surface area contributed by atoms with Crippen molar-refractivity contribution in [3.63, 3.8) is 0 Å². The number of hydrogen-bond donors (Lipinski definition) is 4. The summed E-state index contributed by atoms with van der Waals surface area (Å²) in [5.74, 6) is 0. The van der Waals surface area contributed by atoms with Crippen molar-refractivity contribution in [1.29, 1.82) is 0 Å². The Balaban J connectivity index is 2.20. The molecule has 2 fully saturated rings. The predicted octanol–water partition coefficient (Wildman–Crippen LogP) is -1.06. The minimum atomic E-state index is -0.685. The molecule has 0 aromatic rings. The Bertz CT molecular complexity index is 190. The topological polar surface area (TPSA) is 92.5 Å². The number of hydrogen-bond acceptors (Lipinski definition) is 4. The van der Waals surface area contributed by atoms with Crippen LogP contribution in [-0.2, 0) is 0 Å². The Morgan fingerprint density at radius 2 is 1.77 bits per heavy atom. The van der Waals surface area contributed by atoms with E-state index >= 15 is 0 Å². The highest BCUT2D eigenvalue weighted by atomic mass is 16.3. The summed E-state index contributed by atoms with van der Waals surface area (Å²) in [7, 11) is 0. The average molecular weight is 186 g/mol. The first-order valence-corrected chi connectivity index (χ1v) is 4.95. The van der Waals surface area contributed by atoms with E-state index in [1.165, 1.54) is 0 Å². The maximum atomic E-state index is 9.85. The Morgan fingerprint density at radius 1 is 1.15 bits per heavy atom. The highest BCUT2D eigenvalue weighted by Crippen LogP contribution is 2.50. The van der Waals surface area contributed by atoms with Crippen molar-refractivity contribution < 1.29 is 10.2 Å². The summed E-state index contributed by atoms with van der Waals surface area (Å²) < 4.78 is 0. The van der Waals surface area contributed by atoms with Gasteiger partial charge in [0.1, 0.15) is 0 Å². The van der Waals surface area contributed by atoms with Gasteiger partial charge in [-0.15, -0.1) is 0 Å². The maximum absolute atomic E-state index is 9.85. The van der Waals surface area contributed by atoms with Crippen LogP contribution in [0.2, 0.25) is 0 Å². The largest absolute Gasteiger partial charge is 0.390 e. The fourth-order valence-electron chi connectivity index (χ4n) is 2.78. The molecule has 1 spiro atoms. The molecule has 2 aliphatic rings. The van der Waals surface area contributed by atoms with Crippen LogP contribution < -0.4 is 11.5 Å². The summed E-state index contributed by atoms with van der Waals surface area (Å²) in [6.07, 6.45) is 1.96. The molecule has 4 heteroatoms. The van der Waals surface area contributed by atoms with Crippen LogP contribution in [0.25, 0.3) is 0 Å². The molecule has 2 aliphatic carbocycles. The van der Waals surface area contributed by atoms with E-state index in [-0.39, 0.29) is 17.5 Å². The van der Waals surface area contributed by atoms with Crippen LogP contribution in [0.4, 0.5) is 0 Å². The maximum Gasteiger partial charge on any atom is 0.0871 e. The van der Waals surface area contributed by atoms with Crippen molar-refractivity contribution in [2.75, 3.05) is 0 Å². The summed E-state index contributed by atoms with van der Waals surface area (Å²) in [6.45, 7) is 0. The third kappa shape index (κ3) is 1.13. The fraction of sp³-hybridized carbons (Fsp3) is 1.00. The summed E-state index contributed by atoms with van der Waals surface area (Å²) in [5.41, 5.74) is 11.5. The molecule has 0 saturated heterocycles. The molecule has 0 amide bonds. The van der Waals surface area contributed by atoms with E-state index < -0.39 is 12.2 Å². The van der Waals surface area contributed by atoms with E-state index in [0.717, 1.165) is 19.3 Å². The van der Waals surface area contributed by atoms with Crippen LogP contribution in [0, 0.1) is 5.41 Å². The molecule has 0 heterocycles. The molecular weight excluding hydrogens is 168 g/mol. The van der Waals surface area contributed by atoms with Gasteiger partial charge in [-0.2, -0.15) is 0 Å². The van der Waals surface area contributed by atoms with E-state index in [4.69, 9.17) is 11.5 Å². The molecule has 0 bridgehead atoms. The first kappa shape index (κ1) is 9.40. The van der Waals surface area contributed by atoms with Crippen LogP contribution in [-0.4, -0.2) is 34.5 Å². The minimum absolute atomic E-state index is 0.153. The lowest BCUT2D eigenvalue weighted by atomic mass is 9.55. The van der Waals surface area contributed by atoms with Crippen LogP contribution >= 0.6 is 0 Å². The zero-order valence-corrected chi connectivity index (χ0v) is 7.69. The molecule has 4 nitrogen and oxygen atoms in total. The molecule has 13 heavy (non-hydrogen) atoms. The second-order valence-corrected chi connectivity index (χ2v) is 4.52. The highest BCUT2D eigenvalue weighted by molar-refractivity contribution is 5.10. The van der Waals surface area contributed by atoms with Crippen molar-refractivity contribution in [2.45, 2.75) is 50.0 Å². The number of rotatable bonds is 0. The predicted molar refractivity (Wildman–Crippen MR) is 48.9 cm³/mol. The summed E-state index contributed by atoms with van der Waals surface area (Å²) >= 11 is 0. The molecule has 0 unspecified atom stereocenters. The molecule has 0 aromatic heterocycles. The van der Waals surface area contributed by atoms with Crippen LogP contribution in [0.5, 0.6) is 0 Å². The molecular formula is C9H18N2O2. The van der Waals surface area contributed by atoms with Gasteiger partial charge >= 0.3 is 0 Å². The van der Waals surface area contributed by atoms with Gasteiger partial charge in [0.15, 0.2) is 0 Å². The fourth-order valence-corrected chi connectivity index (χ4v) is 2.78. The monoisotopic (exact) mass is 186 g/mol. The normalized spacial score (nSPS) is 48.9. The van der Waals surface area contributed by atoms with Crippen LogP contribution in [0.1, 0.15) is 25.7 Å². The lowest BCUT2D eigenvalue weighted by Crippen LogP contribution is -2.68. The van der Waals surface area contributed by atoms with Crippen molar-refractivity contribution in [3.8, 4) is 0 Å². The van der Waals surface area contributed by atoms with E-state index in [9.17, 15) is 10.2 Å². The number of aliphatic hydroxyl groups is 2. The summed E-state index contributed by atoms with van der Waals surface area (Å²) in [5, 5.41) is 19.4. The molecule has 0 radical (unpaired) electrons. The van der Waals surface area contributed by atoms with Crippen molar-refractivity contribution in [2.24, 2.45) is 16.9 Å². The van der Waals surface area contributed by atoms with Gasteiger partial charge in [0.25, 0.3) is 0 Å².